The first-order valence-corrected chi connectivity index (χ1v) is 10.8. The zero-order valence-corrected chi connectivity index (χ0v) is 20.0. The Labute approximate surface area is 211 Å². The van der Waals surface area contributed by atoms with Gasteiger partial charge in [-0.25, -0.2) is 19.9 Å². The number of aryl methyl sites for hydroxylation is 1. The molecule has 0 saturated carbocycles. The molecular formula is C21H17Cl2F3N6O4. The van der Waals surface area contributed by atoms with E-state index in [1.807, 2.05) is 5.43 Å². The molecule has 3 amide bonds. The molecule has 15 heteroatoms. The molecule has 0 spiro atoms. The first-order valence-electron chi connectivity index (χ1n) is 10.0. The van der Waals surface area contributed by atoms with Crippen molar-refractivity contribution < 1.29 is 32.3 Å². The number of pyridine rings is 1. The molecule has 0 aliphatic carbocycles. The number of alkyl halides is 3. The number of amides is 3. The Bertz CT molecular complexity index is 1330. The molecule has 0 fully saturated rings. The Morgan fingerprint density at radius 3 is 2.47 bits per heavy atom. The van der Waals surface area contributed by atoms with Crippen molar-refractivity contribution in [1.82, 2.24) is 25.6 Å². The number of rotatable bonds is 5. The molecule has 1 aromatic carbocycles. The number of halogens is 5. The topological polar surface area (TPSA) is 127 Å². The summed E-state index contributed by atoms with van der Waals surface area (Å²) in [7, 11) is 0. The second kappa shape index (κ2) is 10.8. The van der Waals surface area contributed by atoms with E-state index >= 15 is 0 Å². The first-order chi connectivity index (χ1) is 16.9. The molecule has 36 heavy (non-hydrogen) atoms. The number of hydrazine groups is 1. The Morgan fingerprint density at radius 1 is 1.11 bits per heavy atom. The van der Waals surface area contributed by atoms with Gasteiger partial charge >= 0.3 is 12.3 Å². The largest absolute Gasteiger partial charge is 0.449 e. The monoisotopic (exact) mass is 544 g/mol. The normalized spacial score (nSPS) is 11.1. The fraction of sp³-hybridized carbons (Fsp3) is 0.190. The van der Waals surface area contributed by atoms with Crippen molar-refractivity contribution >= 4 is 46.8 Å². The Hall–Kier alpha value is -3.84. The molecule has 0 atom stereocenters. The van der Waals surface area contributed by atoms with Gasteiger partial charge in [0.15, 0.2) is 11.5 Å². The molecule has 0 aliphatic rings. The number of benzene rings is 1. The van der Waals surface area contributed by atoms with Crippen molar-refractivity contribution in [2.75, 3.05) is 11.9 Å². The average Bonchev–Trinajstić information content (AvgIpc) is 3.25. The highest BCUT2D eigenvalue weighted by molar-refractivity contribution is 6.32. The quantitative estimate of drug-likeness (QED) is 0.404. The molecule has 0 unspecified atom stereocenters. The SMILES string of the molecule is CCOC(=O)NNC(=O)c1cc(Cl)cc(C)c1NC(=O)c1cc(C(F)(F)F)nn1-c1ncccc1Cl. The van der Waals surface area contributed by atoms with Crippen molar-refractivity contribution in [3.8, 4) is 5.82 Å². The lowest BCUT2D eigenvalue weighted by Gasteiger charge is -2.15. The zero-order chi connectivity index (χ0) is 26.6. The maximum Gasteiger partial charge on any atom is 0.435 e. The summed E-state index contributed by atoms with van der Waals surface area (Å²) in [5.74, 6) is -2.16. The number of carbonyl (C=O) groups excluding carboxylic acids is 3. The third kappa shape index (κ3) is 6.04. The van der Waals surface area contributed by atoms with Crippen LogP contribution in [0.1, 0.15) is 39.0 Å². The molecule has 3 N–H and O–H groups in total. The van der Waals surface area contributed by atoms with Crippen molar-refractivity contribution in [3.63, 3.8) is 0 Å². The summed E-state index contributed by atoms with van der Waals surface area (Å²) in [6.45, 7) is 3.11. The molecule has 3 aromatic rings. The van der Waals surface area contributed by atoms with Crippen LogP contribution in [0.3, 0.4) is 0 Å². The number of anilines is 1. The third-order valence-electron chi connectivity index (χ3n) is 4.51. The van der Waals surface area contributed by atoms with Gasteiger partial charge in [-0.05, 0) is 43.7 Å². The van der Waals surface area contributed by atoms with Gasteiger partial charge in [-0.2, -0.15) is 18.3 Å². The van der Waals surface area contributed by atoms with Crippen LogP contribution in [-0.4, -0.2) is 39.3 Å². The van der Waals surface area contributed by atoms with E-state index in [0.717, 1.165) is 0 Å². The Kier molecular flexibility index (Phi) is 8.05. The van der Waals surface area contributed by atoms with Crippen molar-refractivity contribution in [2.24, 2.45) is 0 Å². The molecule has 2 heterocycles. The summed E-state index contributed by atoms with van der Waals surface area (Å²) in [4.78, 5) is 41.2. The molecule has 0 bridgehead atoms. The van der Waals surface area contributed by atoms with Crippen LogP contribution >= 0.6 is 23.2 Å². The number of hydrogen-bond acceptors (Lipinski definition) is 6. The number of carbonyl (C=O) groups is 3. The van der Waals surface area contributed by atoms with Gasteiger partial charge in [0.1, 0.15) is 5.69 Å². The highest BCUT2D eigenvalue weighted by Crippen LogP contribution is 2.31. The summed E-state index contributed by atoms with van der Waals surface area (Å²) >= 11 is 12.1. The second-order valence-electron chi connectivity index (χ2n) is 7.03. The van der Waals surface area contributed by atoms with E-state index in [0.29, 0.717) is 16.3 Å². The van der Waals surface area contributed by atoms with Crippen molar-refractivity contribution in [1.29, 1.82) is 0 Å². The van der Waals surface area contributed by atoms with Crippen LogP contribution in [0, 0.1) is 6.92 Å². The lowest BCUT2D eigenvalue weighted by molar-refractivity contribution is -0.141. The second-order valence-corrected chi connectivity index (χ2v) is 7.88. The minimum Gasteiger partial charge on any atom is -0.449 e. The number of ether oxygens (including phenoxy) is 1. The fourth-order valence-electron chi connectivity index (χ4n) is 2.98. The van der Waals surface area contributed by atoms with Gasteiger partial charge in [0.2, 0.25) is 0 Å². The third-order valence-corrected chi connectivity index (χ3v) is 5.02. The standard InChI is InChI=1S/C21H17Cl2F3N6O4/c1-3-36-20(35)30-29-18(33)12-8-11(22)7-10(2)16(12)28-19(34)14-9-15(21(24,25)26)31-32(14)17-13(23)5-4-6-27-17/h4-9H,3H2,1-2H3,(H,28,34)(H,29,33)(H,30,35). The fourth-order valence-corrected chi connectivity index (χ4v) is 3.46. The number of nitrogens with zero attached hydrogens (tertiary/aromatic N) is 3. The van der Waals surface area contributed by atoms with Gasteiger partial charge < -0.3 is 10.1 Å². The van der Waals surface area contributed by atoms with Crippen LogP contribution in [0.5, 0.6) is 0 Å². The minimum atomic E-state index is -4.87. The number of aromatic nitrogens is 3. The van der Waals surface area contributed by atoms with Crippen LogP contribution in [0.4, 0.5) is 23.7 Å². The Morgan fingerprint density at radius 2 is 1.83 bits per heavy atom. The van der Waals surface area contributed by atoms with Gasteiger partial charge in [-0.1, -0.05) is 23.2 Å². The van der Waals surface area contributed by atoms with E-state index in [1.54, 1.807) is 6.92 Å². The summed E-state index contributed by atoms with van der Waals surface area (Å²) < 4.78 is 45.5. The van der Waals surface area contributed by atoms with E-state index < -0.39 is 35.5 Å². The summed E-state index contributed by atoms with van der Waals surface area (Å²) in [6.07, 6.45) is -4.55. The average molecular weight is 545 g/mol. The predicted molar refractivity (Wildman–Crippen MR) is 123 cm³/mol. The molecule has 3 rings (SSSR count). The van der Waals surface area contributed by atoms with Gasteiger partial charge in [0.25, 0.3) is 11.8 Å². The molecule has 10 nitrogen and oxygen atoms in total. The molecule has 0 saturated heterocycles. The Balaban J connectivity index is 2.01. The maximum atomic E-state index is 13.4. The van der Waals surface area contributed by atoms with Gasteiger partial charge in [0.05, 0.1) is 22.9 Å². The highest BCUT2D eigenvalue weighted by atomic mass is 35.5. The van der Waals surface area contributed by atoms with Crippen LogP contribution in [0.25, 0.3) is 5.82 Å². The molecular weight excluding hydrogens is 528 g/mol. The van der Waals surface area contributed by atoms with Gasteiger partial charge in [-0.3, -0.25) is 15.0 Å². The minimum absolute atomic E-state index is 0.0488. The molecule has 190 valence electrons. The van der Waals surface area contributed by atoms with E-state index in [-0.39, 0.29) is 33.7 Å². The van der Waals surface area contributed by atoms with Crippen molar-refractivity contribution in [3.05, 3.63) is 69.1 Å². The van der Waals surface area contributed by atoms with Crippen molar-refractivity contribution in [2.45, 2.75) is 20.0 Å². The van der Waals surface area contributed by atoms with E-state index in [2.05, 4.69) is 25.6 Å². The summed E-state index contributed by atoms with van der Waals surface area (Å²) in [5, 5.41) is 5.93. The lowest BCUT2D eigenvalue weighted by atomic mass is 10.1. The molecule has 0 aliphatic heterocycles. The lowest BCUT2D eigenvalue weighted by Crippen LogP contribution is -2.42. The van der Waals surface area contributed by atoms with E-state index in [4.69, 9.17) is 23.2 Å². The van der Waals surface area contributed by atoms with E-state index in [9.17, 15) is 27.6 Å². The molecule has 2 aromatic heterocycles. The molecule has 0 radical (unpaired) electrons. The van der Waals surface area contributed by atoms with Gasteiger partial charge in [-0.15, -0.1) is 0 Å². The first kappa shape index (κ1) is 26.8. The number of hydrogen-bond donors (Lipinski definition) is 3. The predicted octanol–water partition coefficient (Wildman–Crippen LogP) is 4.54. The van der Waals surface area contributed by atoms with Crippen LogP contribution in [0.15, 0.2) is 36.5 Å². The summed E-state index contributed by atoms with van der Waals surface area (Å²) in [5.41, 5.74) is 2.21. The van der Waals surface area contributed by atoms with E-state index in [1.165, 1.54) is 37.4 Å². The van der Waals surface area contributed by atoms with Crippen LogP contribution in [0.2, 0.25) is 10.0 Å². The summed E-state index contributed by atoms with van der Waals surface area (Å²) in [6, 6.07) is 5.95. The highest BCUT2D eigenvalue weighted by Gasteiger charge is 2.37. The van der Waals surface area contributed by atoms with Crippen LogP contribution < -0.4 is 16.2 Å². The maximum absolute atomic E-state index is 13.4. The zero-order valence-electron chi connectivity index (χ0n) is 18.5. The van der Waals surface area contributed by atoms with Gasteiger partial charge in [0, 0.05) is 17.3 Å². The number of nitrogens with one attached hydrogen (secondary N) is 3. The smallest absolute Gasteiger partial charge is 0.435 e. The van der Waals surface area contributed by atoms with Crippen LogP contribution in [-0.2, 0) is 10.9 Å².